The van der Waals surface area contributed by atoms with E-state index in [1.807, 2.05) is 27.7 Å². The Kier molecular flexibility index (Phi) is 11.9. The van der Waals surface area contributed by atoms with Gasteiger partial charge in [0.1, 0.15) is 0 Å². The molecule has 3 nitrogen and oxygen atoms in total. The Hall–Kier alpha value is 0.945. The van der Waals surface area contributed by atoms with Gasteiger partial charge in [-0.25, -0.2) is 0 Å². The number of hydrogen-bond donors (Lipinski definition) is 0. The molecule has 0 fully saturated rings. The SMILES string of the molecule is CC.CC(C)c1nc[n-]n1.[Rb+]. The molecule has 0 aliphatic carbocycles. The number of hydrogen-bond acceptors (Lipinski definition) is 2. The molecule has 0 saturated heterocycles. The van der Waals surface area contributed by atoms with Crippen LogP contribution in [0.1, 0.15) is 39.4 Å². The average molecular weight is 226 g/mol. The minimum atomic E-state index is 0. The molecule has 0 atom stereocenters. The Balaban J connectivity index is 0. The molecule has 0 saturated carbocycles. The Morgan fingerprint density at radius 2 is 1.91 bits per heavy atom. The maximum absolute atomic E-state index is 3.89. The van der Waals surface area contributed by atoms with Crippen LogP contribution in [0.15, 0.2) is 6.33 Å². The van der Waals surface area contributed by atoms with Gasteiger partial charge in [0.2, 0.25) is 0 Å². The second-order valence-electron chi connectivity index (χ2n) is 1.97. The fourth-order valence-electron chi connectivity index (χ4n) is 0.460. The minimum Gasteiger partial charge on any atom is -0.429 e. The Labute approximate surface area is 117 Å². The van der Waals surface area contributed by atoms with E-state index in [1.54, 1.807) is 0 Å². The van der Waals surface area contributed by atoms with Gasteiger partial charge in [-0.05, 0) is 5.92 Å². The standard InChI is InChI=1S/C5H8N3.C2H6.Rb/c1-4(2)5-6-3-7-8-5;1-2;/h3-4H,1-2H3;1-2H3;/q-1;;+1. The summed E-state index contributed by atoms with van der Waals surface area (Å²) in [5.74, 6) is 1.22. The van der Waals surface area contributed by atoms with Crippen LogP contribution in [-0.2, 0) is 0 Å². The molecule has 11 heavy (non-hydrogen) atoms. The van der Waals surface area contributed by atoms with Crippen LogP contribution in [0, 0.1) is 0 Å². The summed E-state index contributed by atoms with van der Waals surface area (Å²) in [7, 11) is 0. The molecule has 0 spiro atoms. The number of nitrogens with zero attached hydrogens (tertiary/aromatic N) is 3. The van der Waals surface area contributed by atoms with E-state index >= 15 is 0 Å². The zero-order valence-corrected chi connectivity index (χ0v) is 12.9. The summed E-state index contributed by atoms with van der Waals surface area (Å²) in [4.78, 5) is 3.89. The van der Waals surface area contributed by atoms with Gasteiger partial charge < -0.3 is 10.1 Å². The summed E-state index contributed by atoms with van der Waals surface area (Å²) < 4.78 is 0. The summed E-state index contributed by atoms with van der Waals surface area (Å²) in [5.41, 5.74) is 0. The van der Waals surface area contributed by atoms with Crippen molar-refractivity contribution in [1.82, 2.24) is 15.2 Å². The molecule has 1 aromatic rings. The molecule has 1 rings (SSSR count). The van der Waals surface area contributed by atoms with Gasteiger partial charge in [0, 0.05) is 5.82 Å². The molecule has 0 aromatic carbocycles. The molecule has 0 aliphatic rings. The van der Waals surface area contributed by atoms with Crippen molar-refractivity contribution in [2.75, 3.05) is 0 Å². The molecule has 1 heterocycles. The zero-order valence-electron chi connectivity index (χ0n) is 8.00. The van der Waals surface area contributed by atoms with Crippen molar-refractivity contribution in [2.45, 2.75) is 33.6 Å². The topological polar surface area (TPSA) is 39.9 Å². The minimum absolute atomic E-state index is 0. The molecule has 0 radical (unpaired) electrons. The van der Waals surface area contributed by atoms with Crippen LogP contribution in [0.25, 0.3) is 0 Å². The third-order valence-electron chi connectivity index (χ3n) is 0.918. The Bertz CT molecular complexity index is 149. The van der Waals surface area contributed by atoms with E-state index in [-0.39, 0.29) is 58.2 Å². The fraction of sp³-hybridized carbons (Fsp3) is 0.714. The van der Waals surface area contributed by atoms with E-state index in [4.69, 9.17) is 0 Å². The second kappa shape index (κ2) is 9.04. The monoisotopic (exact) mass is 225 g/mol. The predicted molar refractivity (Wildman–Crippen MR) is 40.8 cm³/mol. The van der Waals surface area contributed by atoms with E-state index in [0.29, 0.717) is 5.92 Å². The van der Waals surface area contributed by atoms with Crippen LogP contribution in [0.4, 0.5) is 0 Å². The van der Waals surface area contributed by atoms with E-state index in [1.165, 1.54) is 6.33 Å². The van der Waals surface area contributed by atoms with Gasteiger partial charge in [0.15, 0.2) is 0 Å². The van der Waals surface area contributed by atoms with Crippen molar-refractivity contribution >= 4 is 0 Å². The molecule has 58 valence electrons. The maximum Gasteiger partial charge on any atom is 1.00 e. The van der Waals surface area contributed by atoms with Crippen molar-refractivity contribution in [1.29, 1.82) is 0 Å². The first-order valence-corrected chi connectivity index (χ1v) is 3.61. The smallest absolute Gasteiger partial charge is 0.429 e. The first-order valence-electron chi connectivity index (χ1n) is 3.61. The summed E-state index contributed by atoms with van der Waals surface area (Å²) in [6.07, 6.45) is 1.47. The third-order valence-corrected chi connectivity index (χ3v) is 0.918. The molecular weight excluding hydrogens is 212 g/mol. The quantitative estimate of drug-likeness (QED) is 0.590. The molecule has 0 amide bonds. The van der Waals surface area contributed by atoms with Gasteiger partial charge in [-0.3, -0.25) is 5.10 Å². The van der Waals surface area contributed by atoms with Crippen molar-refractivity contribution in [3.8, 4) is 0 Å². The summed E-state index contributed by atoms with van der Waals surface area (Å²) in [5, 5.41) is 7.34. The molecule has 4 heteroatoms. The zero-order chi connectivity index (χ0) is 7.98. The molecule has 0 bridgehead atoms. The van der Waals surface area contributed by atoms with Gasteiger partial charge in [-0.1, -0.05) is 34.0 Å². The number of rotatable bonds is 1. The van der Waals surface area contributed by atoms with E-state index in [2.05, 4.69) is 15.2 Å². The first kappa shape index (κ1) is 14.5. The third kappa shape index (κ3) is 6.14. The van der Waals surface area contributed by atoms with Crippen LogP contribution < -0.4 is 63.3 Å². The van der Waals surface area contributed by atoms with Crippen LogP contribution in [0.5, 0.6) is 0 Å². The van der Waals surface area contributed by atoms with Gasteiger partial charge in [0.05, 0.1) is 0 Å². The summed E-state index contributed by atoms with van der Waals surface area (Å²) in [6, 6.07) is 0. The van der Waals surface area contributed by atoms with Crippen LogP contribution in [0.3, 0.4) is 0 Å². The second-order valence-corrected chi connectivity index (χ2v) is 1.97. The summed E-state index contributed by atoms with van der Waals surface area (Å²) >= 11 is 0. The summed E-state index contributed by atoms with van der Waals surface area (Å²) in [6.45, 7) is 8.08. The Morgan fingerprint density at radius 3 is 2.09 bits per heavy atom. The van der Waals surface area contributed by atoms with Crippen molar-refractivity contribution < 1.29 is 58.2 Å². The van der Waals surface area contributed by atoms with Crippen molar-refractivity contribution in [3.63, 3.8) is 0 Å². The molecule has 0 N–H and O–H groups in total. The van der Waals surface area contributed by atoms with E-state index in [0.717, 1.165) is 5.82 Å². The van der Waals surface area contributed by atoms with Crippen LogP contribution in [-0.4, -0.2) is 10.1 Å². The largest absolute Gasteiger partial charge is 1.00 e. The number of aromatic nitrogens is 3. The maximum atomic E-state index is 3.89. The van der Waals surface area contributed by atoms with E-state index < -0.39 is 0 Å². The van der Waals surface area contributed by atoms with Gasteiger partial charge >= 0.3 is 58.2 Å². The molecule has 1 aromatic heterocycles. The van der Waals surface area contributed by atoms with Crippen LogP contribution >= 0.6 is 0 Å². The van der Waals surface area contributed by atoms with Gasteiger partial charge in [-0.2, -0.15) is 0 Å². The van der Waals surface area contributed by atoms with Gasteiger partial charge in [-0.15, -0.1) is 0 Å². The van der Waals surface area contributed by atoms with Crippen molar-refractivity contribution in [3.05, 3.63) is 12.2 Å². The first-order chi connectivity index (χ1) is 4.80. The molecule has 0 aliphatic heterocycles. The average Bonchev–Trinajstić information content (AvgIpc) is 2.42. The normalized spacial score (nSPS) is 8.09. The van der Waals surface area contributed by atoms with Crippen molar-refractivity contribution in [2.24, 2.45) is 0 Å². The Morgan fingerprint density at radius 1 is 1.36 bits per heavy atom. The fourth-order valence-corrected chi connectivity index (χ4v) is 0.460. The predicted octanol–water partition coefficient (Wildman–Crippen LogP) is -1.41. The van der Waals surface area contributed by atoms with E-state index in [9.17, 15) is 0 Å². The van der Waals surface area contributed by atoms with Crippen LogP contribution in [0.2, 0.25) is 0 Å². The molecule has 0 unspecified atom stereocenters. The van der Waals surface area contributed by atoms with Gasteiger partial charge in [0.25, 0.3) is 0 Å². The molecular formula is C7H14N3Rb.